The summed E-state index contributed by atoms with van der Waals surface area (Å²) in [4.78, 5) is 12.6. The van der Waals surface area contributed by atoms with Crippen LogP contribution >= 0.6 is 34.5 Å². The highest BCUT2D eigenvalue weighted by Gasteiger charge is 2.06. The number of hydrogen-bond donors (Lipinski definition) is 1. The molecule has 110 valence electrons. The van der Waals surface area contributed by atoms with Crippen LogP contribution in [0.25, 0.3) is 0 Å². The average molecular weight is 343 g/mol. The minimum atomic E-state index is -0.378. The van der Waals surface area contributed by atoms with Crippen molar-refractivity contribution in [2.45, 2.75) is 6.92 Å². The minimum Gasteiger partial charge on any atom is -0.482 e. The number of nitrogens with zero attached hydrogens (tertiary/aromatic N) is 1. The quantitative estimate of drug-likeness (QED) is 0.661. The van der Waals surface area contributed by atoms with Crippen LogP contribution in [0.5, 0.6) is 5.75 Å². The lowest BCUT2D eigenvalue weighted by molar-refractivity contribution is -0.123. The predicted molar refractivity (Wildman–Crippen MR) is 86.7 cm³/mol. The Balaban J connectivity index is 1.84. The summed E-state index contributed by atoms with van der Waals surface area (Å²) in [7, 11) is 0. The Morgan fingerprint density at radius 1 is 1.43 bits per heavy atom. The van der Waals surface area contributed by atoms with E-state index in [9.17, 15) is 4.79 Å². The van der Waals surface area contributed by atoms with Gasteiger partial charge in [0.05, 0.1) is 11.2 Å². The Bertz CT molecular complexity index is 671. The highest BCUT2D eigenvalue weighted by Crippen LogP contribution is 2.27. The molecule has 0 aliphatic carbocycles. The summed E-state index contributed by atoms with van der Waals surface area (Å²) in [6.07, 6.45) is 1.60. The van der Waals surface area contributed by atoms with Gasteiger partial charge in [0, 0.05) is 16.0 Å². The van der Waals surface area contributed by atoms with E-state index >= 15 is 0 Å². The number of carbonyl (C=O) groups excluding carboxylic acids is 1. The van der Waals surface area contributed by atoms with E-state index in [1.54, 1.807) is 35.8 Å². The van der Waals surface area contributed by atoms with Gasteiger partial charge in [0.25, 0.3) is 5.91 Å². The van der Waals surface area contributed by atoms with Crippen LogP contribution in [0.15, 0.2) is 34.7 Å². The Morgan fingerprint density at radius 3 is 2.95 bits per heavy atom. The van der Waals surface area contributed by atoms with Crippen molar-refractivity contribution in [1.82, 2.24) is 5.43 Å². The first kappa shape index (κ1) is 15.8. The number of halogens is 2. The number of nitrogens with one attached hydrogen (secondary N) is 1. The zero-order valence-electron chi connectivity index (χ0n) is 11.1. The second-order valence-electron chi connectivity index (χ2n) is 4.12. The smallest absolute Gasteiger partial charge is 0.277 e. The molecule has 0 radical (unpaired) electrons. The van der Waals surface area contributed by atoms with Gasteiger partial charge in [-0.25, -0.2) is 5.43 Å². The van der Waals surface area contributed by atoms with Gasteiger partial charge in [-0.05, 0) is 36.1 Å². The van der Waals surface area contributed by atoms with Crippen molar-refractivity contribution in [2.24, 2.45) is 5.10 Å². The fourth-order valence-corrected chi connectivity index (χ4v) is 2.56. The molecule has 2 aromatic rings. The van der Waals surface area contributed by atoms with Crippen molar-refractivity contribution in [3.63, 3.8) is 0 Å². The molecule has 0 unspecified atom stereocenters. The molecule has 1 aromatic carbocycles. The topological polar surface area (TPSA) is 50.7 Å². The van der Waals surface area contributed by atoms with Crippen molar-refractivity contribution in [3.05, 3.63) is 50.1 Å². The van der Waals surface area contributed by atoms with E-state index in [4.69, 9.17) is 27.9 Å². The third-order valence-corrected chi connectivity index (χ3v) is 4.03. The lowest BCUT2D eigenvalue weighted by atomic mass is 10.3. The van der Waals surface area contributed by atoms with E-state index in [0.717, 1.165) is 10.4 Å². The van der Waals surface area contributed by atoms with Crippen LogP contribution in [-0.2, 0) is 4.79 Å². The highest BCUT2D eigenvalue weighted by atomic mass is 35.5. The van der Waals surface area contributed by atoms with Gasteiger partial charge >= 0.3 is 0 Å². The van der Waals surface area contributed by atoms with Crippen LogP contribution in [0.3, 0.4) is 0 Å². The van der Waals surface area contributed by atoms with Gasteiger partial charge in [-0.3, -0.25) is 4.79 Å². The highest BCUT2D eigenvalue weighted by molar-refractivity contribution is 7.11. The number of hydrogen-bond acceptors (Lipinski definition) is 4. The predicted octanol–water partition coefficient (Wildman–Crippen LogP) is 3.89. The van der Waals surface area contributed by atoms with Crippen LogP contribution in [0.4, 0.5) is 0 Å². The van der Waals surface area contributed by atoms with Gasteiger partial charge in [-0.2, -0.15) is 5.10 Å². The van der Waals surface area contributed by atoms with Crippen LogP contribution in [0, 0.1) is 6.92 Å². The molecule has 0 aliphatic rings. The van der Waals surface area contributed by atoms with Gasteiger partial charge in [-0.1, -0.05) is 23.2 Å². The maximum absolute atomic E-state index is 11.6. The first-order chi connectivity index (χ1) is 10.1. The summed E-state index contributed by atoms with van der Waals surface area (Å²) >= 11 is 13.3. The van der Waals surface area contributed by atoms with Crippen molar-refractivity contribution in [1.29, 1.82) is 0 Å². The van der Waals surface area contributed by atoms with Crippen LogP contribution in [0.2, 0.25) is 10.0 Å². The summed E-state index contributed by atoms with van der Waals surface area (Å²) in [5, 5.41) is 6.72. The molecule has 0 saturated heterocycles. The molecule has 1 amide bonds. The van der Waals surface area contributed by atoms with Gasteiger partial charge in [0.15, 0.2) is 6.61 Å². The fraction of sp³-hybridized carbons (Fsp3) is 0.143. The Hall–Kier alpha value is -1.56. The normalized spacial score (nSPS) is 10.8. The lowest BCUT2D eigenvalue weighted by Crippen LogP contribution is -2.24. The molecule has 2 rings (SSSR count). The van der Waals surface area contributed by atoms with Crippen LogP contribution in [0.1, 0.15) is 10.4 Å². The van der Waals surface area contributed by atoms with Crippen molar-refractivity contribution >= 4 is 46.7 Å². The molecular formula is C14H12Cl2N2O2S. The van der Waals surface area contributed by atoms with Crippen LogP contribution < -0.4 is 10.2 Å². The van der Waals surface area contributed by atoms with E-state index in [0.29, 0.717) is 15.8 Å². The summed E-state index contributed by atoms with van der Waals surface area (Å²) in [6.45, 7) is 1.78. The number of benzene rings is 1. The number of ether oxygens (including phenoxy) is 1. The molecule has 21 heavy (non-hydrogen) atoms. The molecule has 0 fully saturated rings. The van der Waals surface area contributed by atoms with Crippen molar-refractivity contribution in [2.75, 3.05) is 6.61 Å². The molecule has 0 aliphatic heterocycles. The molecule has 1 heterocycles. The maximum atomic E-state index is 11.6. The first-order valence-corrected chi connectivity index (χ1v) is 7.63. The third kappa shape index (κ3) is 4.74. The largest absolute Gasteiger partial charge is 0.482 e. The SMILES string of the molecule is Cc1ccsc1/C=N\NC(=O)COc1cc(Cl)ccc1Cl. The second-order valence-corrected chi connectivity index (χ2v) is 5.92. The zero-order valence-corrected chi connectivity index (χ0v) is 13.4. The van der Waals surface area contributed by atoms with Gasteiger partial charge in [0.2, 0.25) is 0 Å². The lowest BCUT2D eigenvalue weighted by Gasteiger charge is -2.07. The monoisotopic (exact) mass is 342 g/mol. The number of aryl methyl sites for hydroxylation is 1. The van der Waals surface area contributed by atoms with Crippen molar-refractivity contribution < 1.29 is 9.53 Å². The van der Waals surface area contributed by atoms with E-state index in [1.165, 1.54) is 0 Å². The Labute approximate surface area is 136 Å². The van der Waals surface area contributed by atoms with Gasteiger partial charge < -0.3 is 4.74 Å². The third-order valence-electron chi connectivity index (χ3n) is 2.52. The maximum Gasteiger partial charge on any atom is 0.277 e. The second kappa shape index (κ2) is 7.45. The molecule has 1 N–H and O–H groups in total. The molecule has 0 spiro atoms. The Kier molecular flexibility index (Phi) is 5.61. The average Bonchev–Trinajstić information content (AvgIpc) is 2.85. The molecule has 0 saturated carbocycles. The number of rotatable bonds is 5. The van der Waals surface area contributed by atoms with E-state index in [2.05, 4.69) is 10.5 Å². The molecule has 0 atom stereocenters. The minimum absolute atomic E-state index is 0.194. The zero-order chi connectivity index (χ0) is 15.2. The van der Waals surface area contributed by atoms with E-state index in [-0.39, 0.29) is 12.5 Å². The molecule has 4 nitrogen and oxygen atoms in total. The Morgan fingerprint density at radius 2 is 2.24 bits per heavy atom. The summed E-state index contributed by atoms with van der Waals surface area (Å²) in [5.41, 5.74) is 3.50. The summed E-state index contributed by atoms with van der Waals surface area (Å²) < 4.78 is 5.29. The number of carbonyl (C=O) groups is 1. The van der Waals surface area contributed by atoms with E-state index < -0.39 is 0 Å². The molecule has 0 bridgehead atoms. The van der Waals surface area contributed by atoms with Gasteiger partial charge in [0.1, 0.15) is 5.75 Å². The van der Waals surface area contributed by atoms with E-state index in [1.807, 2.05) is 18.4 Å². The number of thiophene rings is 1. The standard InChI is InChI=1S/C14H12Cl2N2O2S/c1-9-4-5-21-13(9)7-17-18-14(19)8-20-12-6-10(15)2-3-11(12)16/h2-7H,8H2,1H3,(H,18,19)/b17-7-. The van der Waals surface area contributed by atoms with Crippen molar-refractivity contribution in [3.8, 4) is 5.75 Å². The number of hydrazone groups is 1. The number of amides is 1. The van der Waals surface area contributed by atoms with Crippen LogP contribution in [-0.4, -0.2) is 18.7 Å². The molecule has 7 heteroatoms. The van der Waals surface area contributed by atoms with Gasteiger partial charge in [-0.15, -0.1) is 11.3 Å². The fourth-order valence-electron chi connectivity index (χ4n) is 1.44. The summed E-state index contributed by atoms with van der Waals surface area (Å²) in [5.74, 6) is -0.0195. The molecule has 1 aromatic heterocycles. The summed E-state index contributed by atoms with van der Waals surface area (Å²) in [6, 6.07) is 6.78. The molecular weight excluding hydrogens is 331 g/mol. The first-order valence-electron chi connectivity index (χ1n) is 6.00.